The molecule has 0 spiro atoms. The van der Waals surface area contributed by atoms with Crippen LogP contribution in [0.5, 0.6) is 0 Å². The van der Waals surface area contributed by atoms with E-state index in [1.165, 1.54) is 0 Å². The van der Waals surface area contributed by atoms with E-state index in [1.54, 1.807) is 0 Å². The molecular formula is C6H4ClF3N4O2. The van der Waals surface area contributed by atoms with Crippen molar-refractivity contribution in [3.05, 3.63) is 21.5 Å². The smallest absolute Gasteiger partial charge is 0.345 e. The SMILES string of the molecule is O=[N+]([O-])c1cnc(NCC(F)(F)F)nc1Cl. The van der Waals surface area contributed by atoms with Gasteiger partial charge in [-0.15, -0.1) is 0 Å². The van der Waals surface area contributed by atoms with Gasteiger partial charge in [0.25, 0.3) is 0 Å². The largest absolute Gasteiger partial charge is 0.405 e. The quantitative estimate of drug-likeness (QED) is 0.508. The first-order chi connectivity index (χ1) is 7.29. The number of nitrogens with zero attached hydrogens (tertiary/aromatic N) is 3. The van der Waals surface area contributed by atoms with E-state index < -0.39 is 34.4 Å². The van der Waals surface area contributed by atoms with E-state index in [9.17, 15) is 23.3 Å². The highest BCUT2D eigenvalue weighted by Gasteiger charge is 2.27. The van der Waals surface area contributed by atoms with Crippen LogP contribution in [0.2, 0.25) is 5.15 Å². The molecule has 1 rings (SSSR count). The van der Waals surface area contributed by atoms with Gasteiger partial charge in [-0.05, 0) is 0 Å². The zero-order valence-corrected chi connectivity index (χ0v) is 8.21. The zero-order valence-electron chi connectivity index (χ0n) is 7.45. The van der Waals surface area contributed by atoms with E-state index in [0.29, 0.717) is 0 Å². The van der Waals surface area contributed by atoms with E-state index in [1.807, 2.05) is 5.32 Å². The molecule has 0 amide bonds. The average molecular weight is 257 g/mol. The molecule has 6 nitrogen and oxygen atoms in total. The van der Waals surface area contributed by atoms with Crippen LogP contribution in [0.25, 0.3) is 0 Å². The molecule has 1 heterocycles. The van der Waals surface area contributed by atoms with Gasteiger partial charge in [-0.25, -0.2) is 4.98 Å². The van der Waals surface area contributed by atoms with Crippen molar-refractivity contribution in [2.24, 2.45) is 0 Å². The topological polar surface area (TPSA) is 81.0 Å². The molecule has 1 N–H and O–H groups in total. The van der Waals surface area contributed by atoms with E-state index in [2.05, 4.69) is 9.97 Å². The minimum Gasteiger partial charge on any atom is -0.345 e. The van der Waals surface area contributed by atoms with E-state index in [-0.39, 0.29) is 0 Å². The lowest BCUT2D eigenvalue weighted by molar-refractivity contribution is -0.385. The first kappa shape index (κ1) is 12.4. The Balaban J connectivity index is 2.78. The normalized spacial score (nSPS) is 11.2. The van der Waals surface area contributed by atoms with Gasteiger partial charge in [0.15, 0.2) is 0 Å². The molecular weight excluding hydrogens is 253 g/mol. The van der Waals surface area contributed by atoms with Gasteiger partial charge in [-0.2, -0.15) is 18.2 Å². The number of anilines is 1. The molecule has 0 atom stereocenters. The Labute approximate surface area is 91.6 Å². The van der Waals surface area contributed by atoms with Crippen LogP contribution in [-0.2, 0) is 0 Å². The van der Waals surface area contributed by atoms with Crippen LogP contribution < -0.4 is 5.32 Å². The second kappa shape index (κ2) is 4.47. The molecule has 0 bridgehead atoms. The van der Waals surface area contributed by atoms with E-state index in [0.717, 1.165) is 6.20 Å². The summed E-state index contributed by atoms with van der Waals surface area (Å²) >= 11 is 5.36. The highest BCUT2D eigenvalue weighted by Crippen LogP contribution is 2.22. The number of alkyl halides is 3. The summed E-state index contributed by atoms with van der Waals surface area (Å²) in [6.45, 7) is -1.35. The summed E-state index contributed by atoms with van der Waals surface area (Å²) in [5.74, 6) is -0.423. The van der Waals surface area contributed by atoms with Gasteiger partial charge < -0.3 is 5.32 Å². The molecule has 88 valence electrons. The highest BCUT2D eigenvalue weighted by molar-refractivity contribution is 6.31. The number of hydrogen-bond donors (Lipinski definition) is 1. The maximum Gasteiger partial charge on any atom is 0.405 e. The van der Waals surface area contributed by atoms with E-state index in [4.69, 9.17) is 11.6 Å². The third-order valence-electron chi connectivity index (χ3n) is 1.37. The third kappa shape index (κ3) is 3.50. The number of halogens is 4. The fourth-order valence-corrected chi connectivity index (χ4v) is 0.939. The molecule has 0 unspecified atom stereocenters. The van der Waals surface area contributed by atoms with Gasteiger partial charge in [0.1, 0.15) is 12.7 Å². The highest BCUT2D eigenvalue weighted by atomic mass is 35.5. The van der Waals surface area contributed by atoms with Crippen molar-refractivity contribution in [2.75, 3.05) is 11.9 Å². The van der Waals surface area contributed by atoms with Gasteiger partial charge in [0, 0.05) is 0 Å². The first-order valence-electron chi connectivity index (χ1n) is 3.77. The molecule has 0 aliphatic heterocycles. The average Bonchev–Trinajstić information content (AvgIpc) is 2.13. The van der Waals surface area contributed by atoms with Gasteiger partial charge in [0.2, 0.25) is 11.1 Å². The molecule has 16 heavy (non-hydrogen) atoms. The van der Waals surface area contributed by atoms with Crippen LogP contribution in [0.3, 0.4) is 0 Å². The van der Waals surface area contributed by atoms with Gasteiger partial charge in [-0.3, -0.25) is 10.1 Å². The Kier molecular flexibility index (Phi) is 3.48. The van der Waals surface area contributed by atoms with Crippen molar-refractivity contribution in [1.82, 2.24) is 9.97 Å². The van der Waals surface area contributed by atoms with Crippen LogP contribution >= 0.6 is 11.6 Å². The molecule has 10 heteroatoms. The lowest BCUT2D eigenvalue weighted by Crippen LogP contribution is -2.22. The van der Waals surface area contributed by atoms with Crippen LogP contribution in [0, 0.1) is 10.1 Å². The molecule has 0 aromatic carbocycles. The van der Waals surface area contributed by atoms with E-state index >= 15 is 0 Å². The first-order valence-corrected chi connectivity index (χ1v) is 4.15. The van der Waals surface area contributed by atoms with Crippen LogP contribution in [0.15, 0.2) is 6.20 Å². The summed E-state index contributed by atoms with van der Waals surface area (Å²) in [6.07, 6.45) is -3.70. The fourth-order valence-electron chi connectivity index (χ4n) is 0.742. The van der Waals surface area contributed by atoms with Crippen molar-refractivity contribution in [1.29, 1.82) is 0 Å². The Morgan fingerprint density at radius 3 is 2.62 bits per heavy atom. The Morgan fingerprint density at radius 2 is 2.19 bits per heavy atom. The minimum absolute atomic E-state index is 0.423. The van der Waals surface area contributed by atoms with Crippen molar-refractivity contribution >= 4 is 23.2 Å². The number of nitrogens with one attached hydrogen (secondary N) is 1. The van der Waals surface area contributed by atoms with Gasteiger partial charge in [0.05, 0.1) is 4.92 Å². The van der Waals surface area contributed by atoms with Crippen LogP contribution in [0.1, 0.15) is 0 Å². The summed E-state index contributed by atoms with van der Waals surface area (Å²) in [5.41, 5.74) is -0.570. The molecule has 0 saturated heterocycles. The maximum absolute atomic E-state index is 11.8. The zero-order chi connectivity index (χ0) is 12.3. The Bertz CT molecular complexity index is 411. The predicted octanol–water partition coefficient (Wildman–Crippen LogP) is 2.01. The van der Waals surface area contributed by atoms with Crippen molar-refractivity contribution in [3.63, 3.8) is 0 Å². The number of nitro groups is 1. The van der Waals surface area contributed by atoms with Crippen molar-refractivity contribution in [3.8, 4) is 0 Å². The Morgan fingerprint density at radius 1 is 1.56 bits per heavy atom. The summed E-state index contributed by atoms with van der Waals surface area (Å²) in [4.78, 5) is 16.1. The fraction of sp³-hybridized carbons (Fsp3) is 0.333. The van der Waals surface area contributed by atoms with Crippen LogP contribution in [-0.4, -0.2) is 27.6 Å². The summed E-state index contributed by atoms with van der Waals surface area (Å²) in [6, 6.07) is 0. The van der Waals surface area contributed by atoms with Crippen molar-refractivity contribution < 1.29 is 18.1 Å². The maximum atomic E-state index is 11.8. The molecule has 1 aromatic rings. The number of hydrogen-bond acceptors (Lipinski definition) is 5. The van der Waals surface area contributed by atoms with Crippen molar-refractivity contribution in [2.45, 2.75) is 6.18 Å². The second-order valence-corrected chi connectivity index (χ2v) is 2.95. The lowest BCUT2D eigenvalue weighted by Gasteiger charge is -2.07. The molecule has 0 fully saturated rings. The summed E-state index contributed by atoms with van der Waals surface area (Å²) in [5, 5.41) is 11.6. The van der Waals surface area contributed by atoms with Crippen LogP contribution in [0.4, 0.5) is 24.8 Å². The number of aromatic nitrogens is 2. The molecule has 1 aromatic heterocycles. The second-order valence-electron chi connectivity index (χ2n) is 2.60. The van der Waals surface area contributed by atoms with Gasteiger partial charge >= 0.3 is 11.9 Å². The monoisotopic (exact) mass is 256 g/mol. The lowest BCUT2D eigenvalue weighted by atomic mass is 10.5. The molecule has 0 aliphatic rings. The Hall–Kier alpha value is -1.64. The summed E-state index contributed by atoms with van der Waals surface area (Å²) < 4.78 is 35.4. The third-order valence-corrected chi connectivity index (χ3v) is 1.65. The minimum atomic E-state index is -4.43. The summed E-state index contributed by atoms with van der Waals surface area (Å²) in [7, 11) is 0. The molecule has 0 saturated carbocycles. The molecule has 0 aliphatic carbocycles. The predicted molar refractivity (Wildman–Crippen MR) is 48.2 cm³/mol. The standard InChI is InChI=1S/C6H4ClF3N4O2/c7-4-3(14(15)16)1-11-5(13-4)12-2-6(8,9)10/h1H,2H2,(H,11,12,13). The molecule has 0 radical (unpaired) electrons. The number of rotatable bonds is 3. The van der Waals surface area contributed by atoms with Gasteiger partial charge in [-0.1, -0.05) is 11.6 Å².